The zero-order valence-electron chi connectivity index (χ0n) is 14.0. The highest BCUT2D eigenvalue weighted by molar-refractivity contribution is 6.33. The fourth-order valence-electron chi connectivity index (χ4n) is 2.79. The molecule has 5 nitrogen and oxygen atoms in total. The second kappa shape index (κ2) is 6.61. The number of aromatic nitrogens is 3. The summed E-state index contributed by atoms with van der Waals surface area (Å²) in [4.78, 5) is 17.2. The number of rotatable bonds is 3. The average molecular weight is 363 g/mol. The summed E-state index contributed by atoms with van der Waals surface area (Å²) in [6.07, 6.45) is 1.54. The van der Waals surface area contributed by atoms with Crippen molar-refractivity contribution in [3.05, 3.63) is 83.1 Å². The third-order valence-electron chi connectivity index (χ3n) is 4.18. The lowest BCUT2D eigenvalue weighted by molar-refractivity contribution is 0.102. The Bertz CT molecular complexity index is 1120. The molecule has 0 aliphatic heterocycles. The summed E-state index contributed by atoms with van der Waals surface area (Å²) in [5, 5.41) is 8.70. The van der Waals surface area contributed by atoms with Crippen molar-refractivity contribution in [2.75, 3.05) is 5.32 Å². The topological polar surface area (TPSA) is 59.8 Å². The van der Waals surface area contributed by atoms with Crippen LogP contribution in [0.3, 0.4) is 0 Å². The molecule has 1 amide bonds. The van der Waals surface area contributed by atoms with Gasteiger partial charge in [-0.3, -0.25) is 4.79 Å². The van der Waals surface area contributed by atoms with Gasteiger partial charge in [0.1, 0.15) is 0 Å². The SMILES string of the molecule is Cc1c(C(=O)Nc2ccccc2Cl)cnn1-c1ccc2ccccc2n1. The first-order valence-electron chi connectivity index (χ1n) is 8.10. The molecular weight excluding hydrogens is 348 g/mol. The number of fused-ring (bicyclic) bond motifs is 1. The van der Waals surface area contributed by atoms with Crippen LogP contribution in [0.2, 0.25) is 5.02 Å². The number of pyridine rings is 1. The van der Waals surface area contributed by atoms with Gasteiger partial charge in [0.2, 0.25) is 0 Å². The van der Waals surface area contributed by atoms with Crippen LogP contribution in [-0.4, -0.2) is 20.7 Å². The van der Waals surface area contributed by atoms with Crippen molar-refractivity contribution >= 4 is 34.1 Å². The van der Waals surface area contributed by atoms with E-state index in [-0.39, 0.29) is 5.91 Å². The Morgan fingerprint density at radius 2 is 1.81 bits per heavy atom. The molecule has 0 aliphatic carbocycles. The van der Waals surface area contributed by atoms with Crippen LogP contribution < -0.4 is 5.32 Å². The number of anilines is 1. The molecular formula is C20H15ClN4O. The maximum absolute atomic E-state index is 12.6. The Hall–Kier alpha value is -3.18. The Kier molecular flexibility index (Phi) is 4.14. The lowest BCUT2D eigenvalue weighted by Crippen LogP contribution is -2.13. The van der Waals surface area contributed by atoms with Gasteiger partial charge in [0.15, 0.2) is 5.82 Å². The van der Waals surface area contributed by atoms with Crippen molar-refractivity contribution in [3.63, 3.8) is 0 Å². The van der Waals surface area contributed by atoms with Gasteiger partial charge in [0.25, 0.3) is 5.91 Å². The highest BCUT2D eigenvalue weighted by atomic mass is 35.5. The first kappa shape index (κ1) is 16.3. The Balaban J connectivity index is 1.67. The smallest absolute Gasteiger partial charge is 0.259 e. The highest BCUT2D eigenvalue weighted by Gasteiger charge is 2.17. The van der Waals surface area contributed by atoms with Crippen LogP contribution in [-0.2, 0) is 0 Å². The lowest BCUT2D eigenvalue weighted by Gasteiger charge is -2.08. The van der Waals surface area contributed by atoms with Crippen molar-refractivity contribution in [1.82, 2.24) is 14.8 Å². The number of hydrogen-bond donors (Lipinski definition) is 1. The molecule has 6 heteroatoms. The van der Waals surface area contributed by atoms with Crippen LogP contribution in [0.5, 0.6) is 0 Å². The largest absolute Gasteiger partial charge is 0.321 e. The molecule has 4 aromatic rings. The highest BCUT2D eigenvalue weighted by Crippen LogP contribution is 2.22. The van der Waals surface area contributed by atoms with Crippen LogP contribution >= 0.6 is 11.6 Å². The Morgan fingerprint density at radius 3 is 2.65 bits per heavy atom. The van der Waals surface area contributed by atoms with Crippen molar-refractivity contribution in [3.8, 4) is 5.82 Å². The summed E-state index contributed by atoms with van der Waals surface area (Å²) in [5.41, 5.74) is 2.62. The van der Waals surface area contributed by atoms with E-state index in [0.29, 0.717) is 27.8 Å². The van der Waals surface area contributed by atoms with E-state index in [1.54, 1.807) is 23.0 Å². The van der Waals surface area contributed by atoms with Crippen LogP contribution in [0.1, 0.15) is 16.1 Å². The molecule has 0 spiro atoms. The zero-order valence-corrected chi connectivity index (χ0v) is 14.7. The molecule has 0 fully saturated rings. The third kappa shape index (κ3) is 2.93. The molecule has 2 aromatic heterocycles. The van der Waals surface area contributed by atoms with Crippen molar-refractivity contribution < 1.29 is 4.79 Å². The number of halogens is 1. The lowest BCUT2D eigenvalue weighted by atomic mass is 10.2. The van der Waals surface area contributed by atoms with E-state index in [9.17, 15) is 4.79 Å². The van der Waals surface area contributed by atoms with Crippen molar-refractivity contribution in [2.45, 2.75) is 6.92 Å². The van der Waals surface area contributed by atoms with Crippen LogP contribution in [0.4, 0.5) is 5.69 Å². The summed E-state index contributed by atoms with van der Waals surface area (Å²) in [7, 11) is 0. The molecule has 0 saturated carbocycles. The van der Waals surface area contributed by atoms with E-state index in [0.717, 1.165) is 10.9 Å². The average Bonchev–Trinajstić information content (AvgIpc) is 3.05. The van der Waals surface area contributed by atoms with E-state index < -0.39 is 0 Å². The van der Waals surface area contributed by atoms with E-state index in [4.69, 9.17) is 11.6 Å². The molecule has 0 bridgehead atoms. The maximum atomic E-state index is 12.6. The van der Waals surface area contributed by atoms with Crippen LogP contribution in [0, 0.1) is 6.92 Å². The molecule has 0 atom stereocenters. The van der Waals surface area contributed by atoms with Crippen LogP contribution in [0.15, 0.2) is 66.9 Å². The fourth-order valence-corrected chi connectivity index (χ4v) is 2.97. The molecule has 128 valence electrons. The summed E-state index contributed by atoms with van der Waals surface area (Å²) < 4.78 is 1.66. The molecule has 26 heavy (non-hydrogen) atoms. The Morgan fingerprint density at radius 1 is 1.04 bits per heavy atom. The fraction of sp³-hybridized carbons (Fsp3) is 0.0500. The van der Waals surface area contributed by atoms with Crippen molar-refractivity contribution in [2.24, 2.45) is 0 Å². The number of amides is 1. The van der Waals surface area contributed by atoms with Gasteiger partial charge >= 0.3 is 0 Å². The summed E-state index contributed by atoms with van der Waals surface area (Å²) in [6, 6.07) is 18.9. The van der Waals surface area contributed by atoms with E-state index in [1.165, 1.54) is 0 Å². The maximum Gasteiger partial charge on any atom is 0.259 e. The number of hydrogen-bond acceptors (Lipinski definition) is 3. The molecule has 0 unspecified atom stereocenters. The predicted octanol–water partition coefficient (Wildman–Crippen LogP) is 4.63. The molecule has 2 heterocycles. The van der Waals surface area contributed by atoms with Gasteiger partial charge in [-0.2, -0.15) is 5.10 Å². The second-order valence-corrected chi connectivity index (χ2v) is 6.26. The van der Waals surface area contributed by atoms with Gasteiger partial charge in [-0.25, -0.2) is 9.67 Å². The van der Waals surface area contributed by atoms with Crippen molar-refractivity contribution in [1.29, 1.82) is 0 Å². The summed E-state index contributed by atoms with van der Waals surface area (Å²) in [6.45, 7) is 1.84. The van der Waals surface area contributed by atoms with E-state index >= 15 is 0 Å². The molecule has 4 rings (SSSR count). The van der Waals surface area contributed by atoms with Gasteiger partial charge in [0.05, 0.1) is 33.7 Å². The second-order valence-electron chi connectivity index (χ2n) is 5.85. The predicted molar refractivity (Wildman–Crippen MR) is 103 cm³/mol. The summed E-state index contributed by atoms with van der Waals surface area (Å²) in [5.74, 6) is 0.403. The number of nitrogens with zero attached hydrogens (tertiary/aromatic N) is 3. The molecule has 0 radical (unpaired) electrons. The van der Waals surface area contributed by atoms with E-state index in [1.807, 2.05) is 55.5 Å². The number of nitrogens with one attached hydrogen (secondary N) is 1. The normalized spacial score (nSPS) is 10.8. The first-order valence-corrected chi connectivity index (χ1v) is 8.48. The molecule has 0 aliphatic rings. The standard InChI is InChI=1S/C20H15ClN4O/c1-13-15(20(26)24-18-9-5-3-7-16(18)21)12-22-25(13)19-11-10-14-6-2-4-8-17(14)23-19/h2-12H,1H3,(H,24,26). The van der Waals surface area contributed by atoms with Gasteiger partial charge in [0, 0.05) is 5.39 Å². The third-order valence-corrected chi connectivity index (χ3v) is 4.51. The number of para-hydroxylation sites is 2. The molecule has 2 aromatic carbocycles. The minimum Gasteiger partial charge on any atom is -0.321 e. The number of carbonyl (C=O) groups excluding carboxylic acids is 1. The van der Waals surface area contributed by atoms with Gasteiger partial charge in [-0.05, 0) is 37.3 Å². The first-order chi connectivity index (χ1) is 12.6. The van der Waals surface area contributed by atoms with E-state index in [2.05, 4.69) is 15.4 Å². The Labute approximate surface area is 155 Å². The van der Waals surface area contributed by atoms with Gasteiger partial charge in [-0.15, -0.1) is 0 Å². The minimum absolute atomic E-state index is 0.261. The zero-order chi connectivity index (χ0) is 18.1. The molecule has 1 N–H and O–H groups in total. The quantitative estimate of drug-likeness (QED) is 0.577. The minimum atomic E-state index is -0.261. The number of carbonyl (C=O) groups is 1. The molecule has 0 saturated heterocycles. The monoisotopic (exact) mass is 362 g/mol. The van der Waals surface area contributed by atoms with Gasteiger partial charge < -0.3 is 5.32 Å². The summed E-state index contributed by atoms with van der Waals surface area (Å²) >= 11 is 6.11. The van der Waals surface area contributed by atoms with Gasteiger partial charge in [-0.1, -0.05) is 41.9 Å². The van der Waals surface area contributed by atoms with Crippen LogP contribution in [0.25, 0.3) is 16.7 Å². The number of benzene rings is 2.